The summed E-state index contributed by atoms with van der Waals surface area (Å²) in [4.78, 5) is 12.9. The highest BCUT2D eigenvalue weighted by Crippen LogP contribution is 2.38. The van der Waals surface area contributed by atoms with E-state index in [1.54, 1.807) is 0 Å². The molecule has 2 aromatic rings. The highest BCUT2D eigenvalue weighted by Gasteiger charge is 2.37. The minimum Gasteiger partial charge on any atom is -0.606 e. The minimum atomic E-state index is -4.38. The van der Waals surface area contributed by atoms with E-state index in [1.807, 2.05) is 24.3 Å². The summed E-state index contributed by atoms with van der Waals surface area (Å²) in [5, 5.41) is 0. The molecule has 0 N–H and O–H groups in total. The standard InChI is InChI=1S/C9H7F3O2.C6H4OS/c1-14-8(13)6-2-4-7(5-3-6)9(10,11)12;7-8-5-3-1-2-4-6(5)8/h2-5H,1H3;1-4H. The van der Waals surface area contributed by atoms with Gasteiger partial charge in [0, 0.05) is 11.2 Å². The molecular formula is C15H11F3O3S. The van der Waals surface area contributed by atoms with Gasteiger partial charge in [-0.3, -0.25) is 0 Å². The Morgan fingerprint density at radius 2 is 1.55 bits per heavy atom. The molecule has 22 heavy (non-hydrogen) atoms. The first-order valence-corrected chi connectivity index (χ1v) is 7.26. The summed E-state index contributed by atoms with van der Waals surface area (Å²) < 4.78 is 51.3. The zero-order valence-electron chi connectivity index (χ0n) is 11.4. The maximum Gasteiger partial charge on any atom is 0.416 e. The third-order valence-electron chi connectivity index (χ3n) is 2.84. The van der Waals surface area contributed by atoms with E-state index in [0.29, 0.717) is 0 Å². The summed E-state index contributed by atoms with van der Waals surface area (Å²) >= 11 is -0.715. The predicted molar refractivity (Wildman–Crippen MR) is 73.9 cm³/mol. The summed E-state index contributed by atoms with van der Waals surface area (Å²) in [5.41, 5.74) is -0.689. The second-order valence-electron chi connectivity index (χ2n) is 4.28. The number of halogens is 3. The van der Waals surface area contributed by atoms with Crippen molar-refractivity contribution in [2.75, 3.05) is 7.11 Å². The number of carbonyl (C=O) groups excluding carboxylic acids is 1. The molecule has 0 saturated heterocycles. The Morgan fingerprint density at radius 3 is 1.91 bits per heavy atom. The van der Waals surface area contributed by atoms with Gasteiger partial charge in [-0.15, -0.1) is 0 Å². The topological polar surface area (TPSA) is 49.4 Å². The van der Waals surface area contributed by atoms with Gasteiger partial charge in [0.25, 0.3) is 0 Å². The molecule has 3 rings (SSSR count). The quantitative estimate of drug-likeness (QED) is 0.456. The van der Waals surface area contributed by atoms with Crippen LogP contribution in [0.4, 0.5) is 13.2 Å². The lowest BCUT2D eigenvalue weighted by molar-refractivity contribution is -0.137. The maximum atomic E-state index is 12.1. The van der Waals surface area contributed by atoms with E-state index in [1.165, 1.54) is 7.11 Å². The first-order chi connectivity index (χ1) is 10.3. The normalized spacial score (nSPS) is 12.8. The van der Waals surface area contributed by atoms with Gasteiger partial charge >= 0.3 is 12.1 Å². The largest absolute Gasteiger partial charge is 0.606 e. The van der Waals surface area contributed by atoms with E-state index in [0.717, 1.165) is 34.1 Å². The van der Waals surface area contributed by atoms with Gasteiger partial charge in [0.15, 0.2) is 0 Å². The van der Waals surface area contributed by atoms with Crippen LogP contribution in [0.5, 0.6) is 0 Å². The number of hydrogen-bond acceptors (Lipinski definition) is 3. The zero-order valence-corrected chi connectivity index (χ0v) is 12.2. The molecule has 0 aliphatic carbocycles. The van der Waals surface area contributed by atoms with Crippen LogP contribution in [0.15, 0.2) is 58.3 Å². The Bertz CT molecular complexity index is 645. The highest BCUT2D eigenvalue weighted by atomic mass is 32.2. The monoisotopic (exact) mass is 328 g/mol. The Hall–Kier alpha value is -1.99. The first kappa shape index (κ1) is 16.4. The predicted octanol–water partition coefficient (Wildman–Crippen LogP) is 3.66. The molecule has 3 nitrogen and oxygen atoms in total. The van der Waals surface area contributed by atoms with Gasteiger partial charge in [0.1, 0.15) is 0 Å². The fourth-order valence-electron chi connectivity index (χ4n) is 1.64. The lowest BCUT2D eigenvalue weighted by Gasteiger charge is -2.06. The summed E-state index contributed by atoms with van der Waals surface area (Å²) in [5.74, 6) is -0.654. The number of carbonyl (C=O) groups is 1. The molecule has 7 heteroatoms. The number of methoxy groups -OCH3 is 1. The van der Waals surface area contributed by atoms with Crippen molar-refractivity contribution in [3.63, 3.8) is 0 Å². The molecule has 0 saturated carbocycles. The first-order valence-electron chi connectivity index (χ1n) is 6.11. The molecule has 0 atom stereocenters. The molecule has 0 aromatic heterocycles. The van der Waals surface area contributed by atoms with Crippen LogP contribution in [0.3, 0.4) is 0 Å². The third-order valence-corrected chi connectivity index (χ3v) is 4.15. The van der Waals surface area contributed by atoms with Gasteiger partial charge in [-0.1, -0.05) is 12.1 Å². The van der Waals surface area contributed by atoms with Gasteiger partial charge in [-0.25, -0.2) is 4.79 Å². The number of fused-ring (bicyclic) bond motifs is 1. The molecule has 0 radical (unpaired) electrons. The number of rotatable bonds is 1. The Kier molecular flexibility index (Phi) is 4.77. The molecule has 2 aromatic carbocycles. The number of hydrogen-bond donors (Lipinski definition) is 0. The fourth-order valence-corrected chi connectivity index (χ4v) is 2.60. The van der Waals surface area contributed by atoms with Gasteiger partial charge in [-0.05, 0) is 36.4 Å². The minimum absolute atomic E-state index is 0.0977. The summed E-state index contributed by atoms with van der Waals surface area (Å²) in [7, 11) is 1.17. The SMILES string of the molecule is COC(=O)c1ccc(C(F)(F)F)cc1.[O-][S+]1c2ccccc21. The van der Waals surface area contributed by atoms with Crippen LogP contribution in [-0.2, 0) is 22.1 Å². The lowest BCUT2D eigenvalue weighted by atomic mass is 10.1. The van der Waals surface area contributed by atoms with Crippen molar-refractivity contribution in [2.45, 2.75) is 16.0 Å². The third kappa shape index (κ3) is 3.80. The van der Waals surface area contributed by atoms with Crippen LogP contribution >= 0.6 is 0 Å². The van der Waals surface area contributed by atoms with Crippen molar-refractivity contribution in [2.24, 2.45) is 0 Å². The average Bonchev–Trinajstić information content (AvgIpc) is 3.18. The van der Waals surface area contributed by atoms with Gasteiger partial charge < -0.3 is 9.29 Å². The van der Waals surface area contributed by atoms with Crippen molar-refractivity contribution in [3.8, 4) is 0 Å². The van der Waals surface area contributed by atoms with Crippen molar-refractivity contribution in [1.82, 2.24) is 0 Å². The van der Waals surface area contributed by atoms with Gasteiger partial charge in [-0.2, -0.15) is 13.2 Å². The molecule has 0 bridgehead atoms. The van der Waals surface area contributed by atoms with Crippen LogP contribution < -0.4 is 0 Å². The molecule has 0 amide bonds. The summed E-state index contributed by atoms with van der Waals surface area (Å²) in [6.07, 6.45) is -4.38. The smallest absolute Gasteiger partial charge is 0.416 e. The second-order valence-corrected chi connectivity index (χ2v) is 5.70. The highest BCUT2D eigenvalue weighted by molar-refractivity contribution is 7.97. The average molecular weight is 328 g/mol. The Morgan fingerprint density at radius 1 is 1.05 bits per heavy atom. The molecule has 116 valence electrons. The van der Waals surface area contributed by atoms with E-state index in [9.17, 15) is 22.5 Å². The molecular weight excluding hydrogens is 317 g/mol. The molecule has 1 heterocycles. The van der Waals surface area contributed by atoms with Gasteiger partial charge in [0.2, 0.25) is 9.79 Å². The van der Waals surface area contributed by atoms with E-state index < -0.39 is 28.9 Å². The van der Waals surface area contributed by atoms with Crippen molar-refractivity contribution >= 4 is 17.1 Å². The Labute approximate surface area is 127 Å². The van der Waals surface area contributed by atoms with E-state index in [2.05, 4.69) is 4.74 Å². The molecule has 0 spiro atoms. The van der Waals surface area contributed by atoms with Crippen LogP contribution in [0.25, 0.3) is 0 Å². The van der Waals surface area contributed by atoms with Crippen LogP contribution in [0, 0.1) is 0 Å². The van der Waals surface area contributed by atoms with Crippen molar-refractivity contribution in [1.29, 1.82) is 0 Å². The number of esters is 1. The van der Waals surface area contributed by atoms with Crippen molar-refractivity contribution in [3.05, 3.63) is 59.7 Å². The molecule has 0 fully saturated rings. The lowest BCUT2D eigenvalue weighted by Crippen LogP contribution is -2.06. The van der Waals surface area contributed by atoms with Crippen LogP contribution in [0.2, 0.25) is 0 Å². The number of ether oxygens (including phenoxy) is 1. The van der Waals surface area contributed by atoms with Crippen molar-refractivity contribution < 1.29 is 27.3 Å². The van der Waals surface area contributed by atoms with Crippen LogP contribution in [0.1, 0.15) is 15.9 Å². The van der Waals surface area contributed by atoms with E-state index in [-0.39, 0.29) is 5.56 Å². The Balaban J connectivity index is 0.000000183. The summed E-state index contributed by atoms with van der Waals surface area (Å²) in [6.45, 7) is 0. The fraction of sp³-hybridized carbons (Fsp3) is 0.133. The molecule has 0 unspecified atom stereocenters. The second kappa shape index (κ2) is 6.41. The molecule has 1 aliphatic rings. The summed E-state index contributed by atoms with van der Waals surface area (Å²) in [6, 6.07) is 11.4. The molecule has 1 aliphatic heterocycles. The number of benzene rings is 2. The van der Waals surface area contributed by atoms with E-state index >= 15 is 0 Å². The maximum absolute atomic E-state index is 12.1. The van der Waals surface area contributed by atoms with Crippen LogP contribution in [-0.4, -0.2) is 17.6 Å². The number of alkyl halides is 3. The van der Waals surface area contributed by atoms with E-state index in [4.69, 9.17) is 0 Å². The zero-order chi connectivity index (χ0) is 16.3. The van der Waals surface area contributed by atoms with Gasteiger partial charge in [0.05, 0.1) is 18.2 Å².